The summed E-state index contributed by atoms with van der Waals surface area (Å²) >= 11 is 3.28. The van der Waals surface area contributed by atoms with Crippen molar-refractivity contribution in [3.63, 3.8) is 0 Å². The fourth-order valence-electron chi connectivity index (χ4n) is 1.07. The Kier molecular flexibility index (Phi) is 5.45. The minimum Gasteiger partial charge on any atom is -0.457 e. The first-order valence-corrected chi connectivity index (χ1v) is 5.45. The van der Waals surface area contributed by atoms with Gasteiger partial charge in [-0.1, -0.05) is 22.0 Å². The predicted molar refractivity (Wildman–Crippen MR) is 62.2 cm³/mol. The number of rotatable bonds is 5. The Balaban J connectivity index is 2.52. The van der Waals surface area contributed by atoms with Crippen LogP contribution in [-0.4, -0.2) is 33.1 Å². The topological polar surface area (TPSA) is 44.8 Å². The summed E-state index contributed by atoms with van der Waals surface area (Å²) in [7, 11) is 2.97. The smallest absolute Gasteiger partial charge is 0.338 e. The van der Waals surface area contributed by atoms with Crippen LogP contribution < -0.4 is 0 Å². The van der Waals surface area contributed by atoms with Crippen LogP contribution in [0.4, 0.5) is 0 Å². The minimum absolute atomic E-state index is 0.0678. The number of ether oxygens (including phenoxy) is 3. The molecule has 0 spiro atoms. The van der Waals surface area contributed by atoms with Crippen LogP contribution in [0, 0.1) is 0 Å². The number of hydrogen-bond acceptors (Lipinski definition) is 4. The van der Waals surface area contributed by atoms with Gasteiger partial charge in [0.2, 0.25) is 0 Å². The second-order valence-electron chi connectivity index (χ2n) is 3.01. The maximum Gasteiger partial charge on any atom is 0.338 e. The zero-order valence-electron chi connectivity index (χ0n) is 9.10. The molecule has 1 rings (SSSR count). The number of halogens is 1. The van der Waals surface area contributed by atoms with Crippen LogP contribution in [0.2, 0.25) is 0 Å². The van der Waals surface area contributed by atoms with Gasteiger partial charge in [-0.05, 0) is 18.2 Å². The van der Waals surface area contributed by atoms with E-state index >= 15 is 0 Å². The molecule has 0 fully saturated rings. The molecule has 0 aromatic heterocycles. The van der Waals surface area contributed by atoms with Crippen molar-refractivity contribution in [1.82, 2.24) is 0 Å². The predicted octanol–water partition coefficient (Wildman–Crippen LogP) is 2.22. The van der Waals surface area contributed by atoms with E-state index in [0.29, 0.717) is 5.56 Å². The van der Waals surface area contributed by atoms with E-state index in [4.69, 9.17) is 14.2 Å². The van der Waals surface area contributed by atoms with Gasteiger partial charge < -0.3 is 14.2 Å². The molecule has 0 saturated carbocycles. The van der Waals surface area contributed by atoms with Crippen LogP contribution in [0.5, 0.6) is 0 Å². The number of esters is 1. The Bertz CT molecular complexity index is 350. The van der Waals surface area contributed by atoms with Crippen molar-refractivity contribution in [2.75, 3.05) is 20.8 Å². The molecule has 0 heterocycles. The number of hydrogen-bond donors (Lipinski definition) is 0. The van der Waals surface area contributed by atoms with Gasteiger partial charge in [0.25, 0.3) is 0 Å². The van der Waals surface area contributed by atoms with Crippen molar-refractivity contribution < 1.29 is 19.0 Å². The molecule has 0 amide bonds. The molecule has 0 bridgehead atoms. The number of methoxy groups -OCH3 is 2. The first kappa shape index (κ1) is 13.2. The summed E-state index contributed by atoms with van der Waals surface area (Å²) in [4.78, 5) is 11.6. The Labute approximate surface area is 103 Å². The van der Waals surface area contributed by atoms with E-state index in [1.54, 1.807) is 18.2 Å². The molecule has 0 aliphatic carbocycles. The molecular weight excluding hydrogens is 276 g/mol. The van der Waals surface area contributed by atoms with Gasteiger partial charge in [-0.2, -0.15) is 0 Å². The van der Waals surface area contributed by atoms with Crippen LogP contribution >= 0.6 is 15.9 Å². The van der Waals surface area contributed by atoms with Gasteiger partial charge in [0.05, 0.1) is 5.56 Å². The second kappa shape index (κ2) is 6.62. The summed E-state index contributed by atoms with van der Waals surface area (Å²) in [6, 6.07) is 6.98. The molecular formula is C11H13BrO4. The monoisotopic (exact) mass is 288 g/mol. The Hall–Kier alpha value is -0.910. The first-order chi connectivity index (χ1) is 7.67. The molecule has 0 saturated heterocycles. The van der Waals surface area contributed by atoms with Crippen molar-refractivity contribution in [2.24, 2.45) is 0 Å². The number of benzene rings is 1. The van der Waals surface area contributed by atoms with Crippen LogP contribution in [0.1, 0.15) is 10.4 Å². The highest BCUT2D eigenvalue weighted by molar-refractivity contribution is 9.10. The lowest BCUT2D eigenvalue weighted by Gasteiger charge is -2.13. The molecule has 88 valence electrons. The molecule has 4 nitrogen and oxygen atoms in total. The molecule has 1 aromatic rings. The molecule has 5 heteroatoms. The van der Waals surface area contributed by atoms with Crippen molar-refractivity contribution >= 4 is 21.9 Å². The summed E-state index contributed by atoms with van der Waals surface area (Å²) in [5.41, 5.74) is 0.486. The normalized spacial score (nSPS) is 10.5. The van der Waals surface area contributed by atoms with E-state index in [1.807, 2.05) is 6.07 Å². The zero-order chi connectivity index (χ0) is 12.0. The maximum absolute atomic E-state index is 11.6. The third-order valence-corrected chi connectivity index (χ3v) is 2.43. The highest BCUT2D eigenvalue weighted by atomic mass is 79.9. The highest BCUT2D eigenvalue weighted by Crippen LogP contribution is 2.12. The van der Waals surface area contributed by atoms with Crippen LogP contribution in [-0.2, 0) is 14.2 Å². The van der Waals surface area contributed by atoms with E-state index < -0.39 is 12.3 Å². The fraction of sp³-hybridized carbons (Fsp3) is 0.364. The van der Waals surface area contributed by atoms with Crippen molar-refractivity contribution in [2.45, 2.75) is 6.29 Å². The Morgan fingerprint density at radius 2 is 2.06 bits per heavy atom. The first-order valence-electron chi connectivity index (χ1n) is 4.65. The van der Waals surface area contributed by atoms with E-state index in [2.05, 4.69) is 15.9 Å². The van der Waals surface area contributed by atoms with Gasteiger partial charge in [-0.15, -0.1) is 0 Å². The lowest BCUT2D eigenvalue weighted by Crippen LogP contribution is -2.22. The molecule has 0 unspecified atom stereocenters. The number of carbonyl (C=O) groups excluding carboxylic acids is 1. The second-order valence-corrected chi connectivity index (χ2v) is 3.93. The maximum atomic E-state index is 11.6. The molecule has 0 N–H and O–H groups in total. The van der Waals surface area contributed by atoms with Gasteiger partial charge in [0, 0.05) is 18.7 Å². The summed E-state index contributed by atoms with van der Waals surface area (Å²) in [6.45, 7) is 0.0678. The third-order valence-electron chi connectivity index (χ3n) is 1.94. The van der Waals surface area contributed by atoms with E-state index in [0.717, 1.165) is 4.47 Å². The molecule has 1 aromatic carbocycles. The van der Waals surface area contributed by atoms with Crippen LogP contribution in [0.3, 0.4) is 0 Å². The van der Waals surface area contributed by atoms with Gasteiger partial charge >= 0.3 is 5.97 Å². The molecule has 0 aliphatic rings. The van der Waals surface area contributed by atoms with Crippen molar-refractivity contribution in [1.29, 1.82) is 0 Å². The van der Waals surface area contributed by atoms with Crippen molar-refractivity contribution in [3.05, 3.63) is 34.3 Å². The number of carbonyl (C=O) groups is 1. The van der Waals surface area contributed by atoms with Crippen molar-refractivity contribution in [3.8, 4) is 0 Å². The quantitative estimate of drug-likeness (QED) is 0.616. The van der Waals surface area contributed by atoms with E-state index in [9.17, 15) is 4.79 Å². The fourth-order valence-corrected chi connectivity index (χ4v) is 1.47. The third kappa shape index (κ3) is 3.92. The van der Waals surface area contributed by atoms with Gasteiger partial charge in [-0.3, -0.25) is 0 Å². The SMILES string of the molecule is COC(COC(=O)c1cccc(Br)c1)OC. The van der Waals surface area contributed by atoms with Crippen LogP contribution in [0.25, 0.3) is 0 Å². The lowest BCUT2D eigenvalue weighted by atomic mass is 10.2. The Morgan fingerprint density at radius 3 is 2.62 bits per heavy atom. The van der Waals surface area contributed by atoms with E-state index in [1.165, 1.54) is 14.2 Å². The largest absolute Gasteiger partial charge is 0.457 e. The lowest BCUT2D eigenvalue weighted by molar-refractivity contribution is -0.129. The average molecular weight is 289 g/mol. The summed E-state index contributed by atoms with van der Waals surface area (Å²) in [5.74, 6) is -0.402. The molecule has 0 aliphatic heterocycles. The standard InChI is InChI=1S/C11H13BrO4/c1-14-10(15-2)7-16-11(13)8-4-3-5-9(12)6-8/h3-6,10H,7H2,1-2H3. The van der Waals surface area contributed by atoms with E-state index in [-0.39, 0.29) is 6.61 Å². The molecule has 0 atom stereocenters. The van der Waals surface area contributed by atoms with Gasteiger partial charge in [-0.25, -0.2) is 4.79 Å². The summed E-state index contributed by atoms with van der Waals surface area (Å²) < 4.78 is 15.6. The van der Waals surface area contributed by atoms with Gasteiger partial charge in [0.1, 0.15) is 6.61 Å². The summed E-state index contributed by atoms with van der Waals surface area (Å²) in [5, 5.41) is 0. The highest BCUT2D eigenvalue weighted by Gasteiger charge is 2.11. The van der Waals surface area contributed by atoms with Crippen LogP contribution in [0.15, 0.2) is 28.7 Å². The minimum atomic E-state index is -0.531. The molecule has 16 heavy (non-hydrogen) atoms. The average Bonchev–Trinajstić information content (AvgIpc) is 2.30. The zero-order valence-corrected chi connectivity index (χ0v) is 10.7. The van der Waals surface area contributed by atoms with Gasteiger partial charge in [0.15, 0.2) is 6.29 Å². The molecule has 0 radical (unpaired) electrons. The Morgan fingerprint density at radius 1 is 1.38 bits per heavy atom. The summed E-state index contributed by atoms with van der Waals surface area (Å²) in [6.07, 6.45) is -0.531.